The van der Waals surface area contributed by atoms with Gasteiger partial charge < -0.3 is 11.1 Å². The summed E-state index contributed by atoms with van der Waals surface area (Å²) in [5, 5.41) is 2.79. The Morgan fingerprint density at radius 1 is 1.33 bits per heavy atom. The quantitative estimate of drug-likeness (QED) is 0.890. The molecule has 3 N–H and O–H groups in total. The highest BCUT2D eigenvalue weighted by Crippen LogP contribution is 2.10. The first kappa shape index (κ1) is 14.4. The van der Waals surface area contributed by atoms with Gasteiger partial charge in [-0.25, -0.2) is 0 Å². The van der Waals surface area contributed by atoms with Gasteiger partial charge in [-0.3, -0.25) is 4.79 Å². The number of halogens is 2. The van der Waals surface area contributed by atoms with Crippen LogP contribution in [0.15, 0.2) is 28.7 Å². The van der Waals surface area contributed by atoms with Gasteiger partial charge in [0.05, 0.1) is 0 Å². The van der Waals surface area contributed by atoms with E-state index in [9.17, 15) is 4.79 Å². The molecule has 0 aliphatic carbocycles. The van der Waals surface area contributed by atoms with E-state index >= 15 is 0 Å². The summed E-state index contributed by atoms with van der Waals surface area (Å²) in [5.74, 6) is -0.00424. The number of hydrogen-bond acceptors (Lipinski definition) is 2. The van der Waals surface area contributed by atoms with Crippen molar-refractivity contribution in [3.05, 3.63) is 34.3 Å². The summed E-state index contributed by atoms with van der Waals surface area (Å²) >= 11 is 3.35. The van der Waals surface area contributed by atoms with E-state index in [1.54, 1.807) is 0 Å². The maximum atomic E-state index is 11.1. The van der Waals surface area contributed by atoms with Crippen LogP contribution in [0, 0.1) is 0 Å². The third kappa shape index (κ3) is 5.77. The molecule has 1 aromatic carbocycles. The average molecular weight is 294 g/mol. The summed E-state index contributed by atoms with van der Waals surface area (Å²) in [5.41, 5.74) is 6.33. The van der Waals surface area contributed by atoms with E-state index in [1.165, 1.54) is 0 Å². The van der Waals surface area contributed by atoms with Gasteiger partial charge in [0.1, 0.15) is 0 Å². The molecule has 0 aliphatic rings. The summed E-state index contributed by atoms with van der Waals surface area (Å²) < 4.78 is 1.04. The van der Waals surface area contributed by atoms with Crippen molar-refractivity contribution in [1.82, 2.24) is 5.32 Å². The molecular weight excluding hydrogens is 279 g/mol. The van der Waals surface area contributed by atoms with Crippen LogP contribution in [0.5, 0.6) is 0 Å². The van der Waals surface area contributed by atoms with Gasteiger partial charge in [0, 0.05) is 24.0 Å². The normalized spacial score (nSPS) is 9.20. The van der Waals surface area contributed by atoms with E-state index < -0.39 is 0 Å². The van der Waals surface area contributed by atoms with Crippen molar-refractivity contribution >= 4 is 34.2 Å². The molecule has 0 fully saturated rings. The maximum absolute atomic E-state index is 11.1. The number of hydrogen-bond donors (Lipinski definition) is 2. The molecule has 1 rings (SSSR count). The first-order valence-electron chi connectivity index (χ1n) is 4.43. The summed E-state index contributed by atoms with van der Waals surface area (Å²) in [6.45, 7) is 0.957. The number of rotatable bonds is 4. The fraction of sp³-hybridized carbons (Fsp3) is 0.300. The molecule has 0 radical (unpaired) electrons. The van der Waals surface area contributed by atoms with Crippen molar-refractivity contribution in [2.75, 3.05) is 6.54 Å². The molecule has 3 nitrogen and oxygen atoms in total. The first-order chi connectivity index (χ1) is 6.72. The number of nitrogens with one attached hydrogen (secondary N) is 1. The zero-order valence-corrected chi connectivity index (χ0v) is 10.6. The molecule has 1 aromatic rings. The van der Waals surface area contributed by atoms with Gasteiger partial charge >= 0.3 is 0 Å². The molecular formula is C10H14BrClN2O. The van der Waals surface area contributed by atoms with Crippen LogP contribution in [-0.4, -0.2) is 12.5 Å². The lowest BCUT2D eigenvalue weighted by molar-refractivity contribution is -0.121. The predicted molar refractivity (Wildman–Crippen MR) is 66.9 cm³/mol. The summed E-state index contributed by atoms with van der Waals surface area (Å²) in [6, 6.07) is 7.83. The van der Waals surface area contributed by atoms with E-state index in [2.05, 4.69) is 21.2 Å². The zero-order valence-electron chi connectivity index (χ0n) is 8.20. The van der Waals surface area contributed by atoms with E-state index in [1.807, 2.05) is 24.3 Å². The lowest BCUT2D eigenvalue weighted by atomic mass is 10.2. The molecule has 0 saturated carbocycles. The molecule has 0 aliphatic heterocycles. The predicted octanol–water partition coefficient (Wildman–Crippen LogP) is 1.84. The zero-order chi connectivity index (χ0) is 10.4. The SMILES string of the molecule is Cl.NCCC(=O)NCc1ccc(Br)cc1. The van der Waals surface area contributed by atoms with Gasteiger partial charge in [-0.1, -0.05) is 28.1 Å². The molecule has 0 bridgehead atoms. The van der Waals surface area contributed by atoms with Gasteiger partial charge in [-0.15, -0.1) is 12.4 Å². The highest BCUT2D eigenvalue weighted by atomic mass is 79.9. The van der Waals surface area contributed by atoms with Crippen molar-refractivity contribution in [3.8, 4) is 0 Å². The van der Waals surface area contributed by atoms with Crippen molar-refractivity contribution in [1.29, 1.82) is 0 Å². The minimum atomic E-state index is -0.00424. The fourth-order valence-electron chi connectivity index (χ4n) is 1.02. The van der Waals surface area contributed by atoms with E-state index in [0.29, 0.717) is 19.5 Å². The highest BCUT2D eigenvalue weighted by Gasteiger charge is 1.98. The molecule has 0 aromatic heterocycles. The third-order valence-electron chi connectivity index (χ3n) is 1.77. The molecule has 0 unspecified atom stereocenters. The molecule has 0 saturated heterocycles. The van der Waals surface area contributed by atoms with Gasteiger partial charge in [0.15, 0.2) is 0 Å². The molecule has 1 amide bonds. The van der Waals surface area contributed by atoms with Crippen LogP contribution in [0.3, 0.4) is 0 Å². The Bertz CT molecular complexity index is 303. The third-order valence-corrected chi connectivity index (χ3v) is 2.30. The molecule has 0 atom stereocenters. The largest absolute Gasteiger partial charge is 0.352 e. The summed E-state index contributed by atoms with van der Waals surface area (Å²) in [4.78, 5) is 11.1. The van der Waals surface area contributed by atoms with Crippen LogP contribution < -0.4 is 11.1 Å². The standard InChI is InChI=1S/C10H13BrN2O.ClH/c11-9-3-1-8(2-4-9)7-13-10(14)5-6-12;/h1-4H,5-7,12H2,(H,13,14);1H. The molecule has 15 heavy (non-hydrogen) atoms. The lowest BCUT2D eigenvalue weighted by Gasteiger charge is -2.04. The summed E-state index contributed by atoms with van der Waals surface area (Å²) in [7, 11) is 0. The van der Waals surface area contributed by atoms with Gasteiger partial charge in [-0.05, 0) is 17.7 Å². The second kappa shape index (κ2) is 7.68. The second-order valence-electron chi connectivity index (χ2n) is 2.94. The van der Waals surface area contributed by atoms with Crippen LogP contribution in [0.2, 0.25) is 0 Å². The minimum Gasteiger partial charge on any atom is -0.352 e. The Morgan fingerprint density at radius 2 is 1.93 bits per heavy atom. The Kier molecular flexibility index (Phi) is 7.38. The van der Waals surface area contributed by atoms with Crippen LogP contribution in [0.1, 0.15) is 12.0 Å². The Morgan fingerprint density at radius 3 is 2.47 bits per heavy atom. The minimum absolute atomic E-state index is 0. The fourth-order valence-corrected chi connectivity index (χ4v) is 1.29. The molecule has 5 heteroatoms. The van der Waals surface area contributed by atoms with Crippen molar-refractivity contribution in [2.24, 2.45) is 5.73 Å². The van der Waals surface area contributed by atoms with Crippen LogP contribution in [-0.2, 0) is 11.3 Å². The lowest BCUT2D eigenvalue weighted by Crippen LogP contribution is -2.24. The first-order valence-corrected chi connectivity index (χ1v) is 5.23. The molecule has 84 valence electrons. The number of carbonyl (C=O) groups excluding carboxylic acids is 1. The smallest absolute Gasteiger partial charge is 0.221 e. The number of amides is 1. The second-order valence-corrected chi connectivity index (χ2v) is 3.86. The summed E-state index contributed by atoms with van der Waals surface area (Å²) in [6.07, 6.45) is 0.385. The van der Waals surface area contributed by atoms with Crippen molar-refractivity contribution in [2.45, 2.75) is 13.0 Å². The monoisotopic (exact) mass is 292 g/mol. The topological polar surface area (TPSA) is 55.1 Å². The maximum Gasteiger partial charge on any atom is 0.221 e. The Hall–Kier alpha value is -0.580. The average Bonchev–Trinajstić information content (AvgIpc) is 2.17. The number of benzene rings is 1. The van der Waals surface area contributed by atoms with Crippen LogP contribution >= 0.6 is 28.3 Å². The van der Waals surface area contributed by atoms with Gasteiger partial charge in [0.2, 0.25) is 5.91 Å². The van der Waals surface area contributed by atoms with Gasteiger partial charge in [-0.2, -0.15) is 0 Å². The Labute approximate surface area is 104 Å². The van der Waals surface area contributed by atoms with Crippen LogP contribution in [0.4, 0.5) is 0 Å². The number of carbonyl (C=O) groups is 1. The van der Waals surface area contributed by atoms with Crippen molar-refractivity contribution in [3.63, 3.8) is 0 Å². The van der Waals surface area contributed by atoms with Crippen molar-refractivity contribution < 1.29 is 4.79 Å². The van der Waals surface area contributed by atoms with Gasteiger partial charge in [0.25, 0.3) is 0 Å². The van der Waals surface area contributed by atoms with Crippen LogP contribution in [0.25, 0.3) is 0 Å². The highest BCUT2D eigenvalue weighted by molar-refractivity contribution is 9.10. The van der Waals surface area contributed by atoms with E-state index in [0.717, 1.165) is 10.0 Å². The molecule has 0 spiro atoms. The van der Waals surface area contributed by atoms with E-state index in [-0.39, 0.29) is 18.3 Å². The molecule has 0 heterocycles. The Balaban J connectivity index is 0.00000196. The number of nitrogens with two attached hydrogens (primary N) is 1. The van der Waals surface area contributed by atoms with E-state index in [4.69, 9.17) is 5.73 Å².